The lowest BCUT2D eigenvalue weighted by atomic mass is 10.0. The molecule has 0 rings (SSSR count). The first kappa shape index (κ1) is 69.7. The number of rotatable bonds is 54. The fourth-order valence-electron chi connectivity index (χ4n) is 8.49. The number of phosphoric ester groups is 1. The SMILES string of the molecule is CC/C=C\C/C=C\C/C=C\C/C=C\C/C=C\C/C=C\C/C=C\CCCCCCCCCCCCCCCCCCCCCC(=O)NC(COP(=O)([O-])OCC[N+](C)(C)C)C(O)CCCCCCCCCCC. The molecule has 0 aliphatic carbocycles. The Morgan fingerprint density at radius 3 is 1.24 bits per heavy atom. The summed E-state index contributed by atoms with van der Waals surface area (Å²) in [5.74, 6) is -0.166. The van der Waals surface area contributed by atoms with Crippen LogP contribution in [0.15, 0.2) is 85.1 Å². The molecular weight excluding hydrogens is 912 g/mol. The number of amides is 1. The molecule has 418 valence electrons. The van der Waals surface area contributed by atoms with Crippen LogP contribution in [0.5, 0.6) is 0 Å². The second-order valence-electron chi connectivity index (χ2n) is 21.3. The first-order chi connectivity index (χ1) is 35.0. The maximum absolute atomic E-state index is 12.9. The number of hydrogen-bond acceptors (Lipinski definition) is 6. The minimum absolute atomic E-state index is 0.0112. The number of quaternary nitrogens is 1. The Labute approximate surface area is 446 Å². The van der Waals surface area contributed by atoms with Crippen molar-refractivity contribution in [3.8, 4) is 0 Å². The van der Waals surface area contributed by atoms with Crippen LogP contribution in [0.1, 0.15) is 258 Å². The van der Waals surface area contributed by atoms with Crippen LogP contribution in [-0.4, -0.2) is 68.5 Å². The monoisotopic (exact) mass is 1030 g/mol. The average molecular weight is 1030 g/mol. The van der Waals surface area contributed by atoms with E-state index in [4.69, 9.17) is 9.05 Å². The normalized spacial score (nSPS) is 14.5. The number of carbonyl (C=O) groups excluding carboxylic acids is 1. The molecule has 3 unspecified atom stereocenters. The molecule has 1 amide bonds. The predicted octanol–water partition coefficient (Wildman–Crippen LogP) is 17.8. The van der Waals surface area contributed by atoms with Crippen molar-refractivity contribution in [3.63, 3.8) is 0 Å². The second-order valence-corrected chi connectivity index (χ2v) is 22.7. The number of aliphatic hydroxyl groups is 1. The Hall–Kier alpha value is -2.32. The minimum atomic E-state index is -4.56. The molecule has 0 saturated heterocycles. The molecule has 8 nitrogen and oxygen atoms in total. The number of allylic oxidation sites excluding steroid dienone is 14. The van der Waals surface area contributed by atoms with Crippen LogP contribution in [0.25, 0.3) is 0 Å². The molecule has 0 radical (unpaired) electrons. The third-order valence-electron chi connectivity index (χ3n) is 13.1. The fourth-order valence-corrected chi connectivity index (χ4v) is 9.22. The number of nitrogens with zero attached hydrogens (tertiary/aromatic N) is 1. The Balaban J connectivity index is 3.84. The van der Waals surface area contributed by atoms with Crippen LogP contribution >= 0.6 is 7.82 Å². The second kappa shape index (κ2) is 53.5. The highest BCUT2D eigenvalue weighted by Gasteiger charge is 2.24. The topological polar surface area (TPSA) is 108 Å². The third-order valence-corrected chi connectivity index (χ3v) is 14.1. The number of phosphoric acid groups is 1. The zero-order valence-corrected chi connectivity index (χ0v) is 48.5. The summed E-state index contributed by atoms with van der Waals surface area (Å²) < 4.78 is 23.3. The summed E-state index contributed by atoms with van der Waals surface area (Å²) in [5.41, 5.74) is 0. The molecule has 2 N–H and O–H groups in total. The summed E-state index contributed by atoms with van der Waals surface area (Å²) in [7, 11) is 1.30. The van der Waals surface area contributed by atoms with Gasteiger partial charge in [-0.25, -0.2) is 0 Å². The van der Waals surface area contributed by atoms with Crippen molar-refractivity contribution in [2.75, 3.05) is 40.9 Å². The molecule has 72 heavy (non-hydrogen) atoms. The van der Waals surface area contributed by atoms with Crippen LogP contribution in [0, 0.1) is 0 Å². The maximum atomic E-state index is 12.9. The molecule has 9 heteroatoms. The van der Waals surface area contributed by atoms with E-state index in [0.29, 0.717) is 23.9 Å². The first-order valence-corrected chi connectivity index (χ1v) is 31.4. The van der Waals surface area contributed by atoms with Crippen LogP contribution in [0.2, 0.25) is 0 Å². The van der Waals surface area contributed by atoms with Crippen LogP contribution in [0.3, 0.4) is 0 Å². The van der Waals surface area contributed by atoms with Gasteiger partial charge in [-0.15, -0.1) is 0 Å². The molecule has 0 spiro atoms. The van der Waals surface area contributed by atoms with Gasteiger partial charge in [0.15, 0.2) is 0 Å². The number of likely N-dealkylation sites (N-methyl/N-ethyl adjacent to an activating group) is 1. The number of nitrogens with one attached hydrogen (secondary N) is 1. The summed E-state index contributed by atoms with van der Waals surface area (Å²) in [6.07, 6.45) is 75.1. The molecule has 0 aromatic heterocycles. The van der Waals surface area contributed by atoms with E-state index < -0.39 is 20.0 Å². The van der Waals surface area contributed by atoms with Crippen molar-refractivity contribution >= 4 is 13.7 Å². The van der Waals surface area contributed by atoms with Crippen molar-refractivity contribution in [3.05, 3.63) is 85.1 Å². The Morgan fingerprint density at radius 2 is 0.847 bits per heavy atom. The molecule has 0 saturated carbocycles. The Morgan fingerprint density at radius 1 is 0.500 bits per heavy atom. The fraction of sp³-hybridized carbons (Fsp3) is 0.762. The molecule has 3 atom stereocenters. The van der Waals surface area contributed by atoms with Crippen molar-refractivity contribution in [1.29, 1.82) is 0 Å². The average Bonchev–Trinajstić information content (AvgIpc) is 3.34. The molecule has 0 fully saturated rings. The van der Waals surface area contributed by atoms with Crippen molar-refractivity contribution in [1.82, 2.24) is 5.32 Å². The van der Waals surface area contributed by atoms with E-state index in [1.54, 1.807) is 0 Å². The third kappa shape index (κ3) is 55.4. The largest absolute Gasteiger partial charge is 0.756 e. The van der Waals surface area contributed by atoms with Gasteiger partial charge in [0.2, 0.25) is 5.91 Å². The van der Waals surface area contributed by atoms with Gasteiger partial charge >= 0.3 is 0 Å². The number of unbranched alkanes of at least 4 members (excludes halogenated alkanes) is 27. The van der Waals surface area contributed by atoms with E-state index in [-0.39, 0.29) is 19.1 Å². The molecule has 0 bridgehead atoms. The van der Waals surface area contributed by atoms with Crippen LogP contribution in [0.4, 0.5) is 0 Å². The van der Waals surface area contributed by atoms with Crippen molar-refractivity contribution in [2.45, 2.75) is 270 Å². The molecule has 0 aromatic carbocycles. The quantitative estimate of drug-likeness (QED) is 0.0272. The van der Waals surface area contributed by atoms with E-state index in [1.807, 2.05) is 21.1 Å². The molecular formula is C63H115N2O6P. The lowest BCUT2D eigenvalue weighted by molar-refractivity contribution is -0.870. The standard InChI is InChI=1S/C63H115N2O6P/c1-6-8-10-12-14-16-17-18-19-20-21-22-23-24-25-26-27-28-29-30-31-32-33-34-35-36-37-38-39-40-41-42-43-44-45-46-47-49-51-53-55-57-63(67)64-61(60-71-72(68,69)70-59-58-65(3,4)5)62(66)56-54-52-50-48-15-13-11-9-7-2/h8,10,14,16,18-19,21-22,24-25,27-28,30-31,61-62,66H,6-7,9,11-13,15,17,20,23,26,29,32-60H2,1-5H3,(H-,64,67,68,69)/b10-8-,16-14-,19-18-,22-21-,25-24-,28-27-,31-30-. The summed E-state index contributed by atoms with van der Waals surface area (Å²) >= 11 is 0. The number of carbonyl (C=O) groups is 1. The van der Waals surface area contributed by atoms with Gasteiger partial charge < -0.3 is 28.8 Å². The Bertz CT molecular complexity index is 1450. The smallest absolute Gasteiger partial charge is 0.268 e. The highest BCUT2D eigenvalue weighted by atomic mass is 31.2. The number of hydrogen-bond donors (Lipinski definition) is 2. The molecule has 0 aromatic rings. The molecule has 0 heterocycles. The maximum Gasteiger partial charge on any atom is 0.268 e. The van der Waals surface area contributed by atoms with Crippen molar-refractivity contribution < 1.29 is 32.9 Å². The van der Waals surface area contributed by atoms with Gasteiger partial charge in [-0.1, -0.05) is 266 Å². The zero-order valence-electron chi connectivity index (χ0n) is 47.6. The lowest BCUT2D eigenvalue weighted by Crippen LogP contribution is -2.46. The number of aliphatic hydroxyl groups excluding tert-OH is 1. The first-order valence-electron chi connectivity index (χ1n) is 29.9. The van der Waals surface area contributed by atoms with Gasteiger partial charge in [-0.2, -0.15) is 0 Å². The van der Waals surface area contributed by atoms with Gasteiger partial charge in [-0.3, -0.25) is 9.36 Å². The summed E-state index contributed by atoms with van der Waals surface area (Å²) in [6, 6.07) is -0.800. The van der Waals surface area contributed by atoms with Gasteiger partial charge in [0, 0.05) is 6.42 Å². The Kier molecular flexibility index (Phi) is 51.8. The summed E-state index contributed by atoms with van der Waals surface area (Å²) in [5, 5.41) is 13.9. The van der Waals surface area contributed by atoms with E-state index in [9.17, 15) is 19.4 Å². The van der Waals surface area contributed by atoms with E-state index in [1.165, 1.54) is 148 Å². The van der Waals surface area contributed by atoms with Gasteiger partial charge in [0.1, 0.15) is 13.2 Å². The van der Waals surface area contributed by atoms with E-state index in [0.717, 1.165) is 83.5 Å². The van der Waals surface area contributed by atoms with Crippen LogP contribution in [-0.2, 0) is 18.4 Å². The van der Waals surface area contributed by atoms with Crippen molar-refractivity contribution in [2.24, 2.45) is 0 Å². The predicted molar refractivity (Wildman–Crippen MR) is 311 cm³/mol. The van der Waals surface area contributed by atoms with Gasteiger partial charge in [0.05, 0.1) is 39.9 Å². The lowest BCUT2D eigenvalue weighted by Gasteiger charge is -2.30. The molecule has 0 aliphatic heterocycles. The zero-order chi connectivity index (χ0) is 52.7. The van der Waals surface area contributed by atoms with Gasteiger partial charge in [0.25, 0.3) is 7.82 Å². The highest BCUT2D eigenvalue weighted by Crippen LogP contribution is 2.38. The highest BCUT2D eigenvalue weighted by molar-refractivity contribution is 7.45. The van der Waals surface area contributed by atoms with Gasteiger partial charge in [-0.05, 0) is 70.6 Å². The van der Waals surface area contributed by atoms with Crippen LogP contribution < -0.4 is 10.2 Å². The minimum Gasteiger partial charge on any atom is -0.756 e. The van der Waals surface area contributed by atoms with E-state index >= 15 is 0 Å². The molecule has 0 aliphatic rings. The summed E-state index contributed by atoms with van der Waals surface area (Å²) in [6.45, 7) is 4.58. The summed E-state index contributed by atoms with van der Waals surface area (Å²) in [4.78, 5) is 25.4. The van der Waals surface area contributed by atoms with E-state index in [2.05, 4.69) is 104 Å².